The average Bonchev–Trinajstić information content (AvgIpc) is 2.47. The first-order chi connectivity index (χ1) is 6.06. The monoisotopic (exact) mass is 180 g/mol. The maximum absolute atomic E-state index is 10.4. The normalized spacial score (nSPS) is 10.0. The van der Waals surface area contributed by atoms with Crippen LogP contribution in [0.2, 0.25) is 0 Å². The Balaban J connectivity index is 3.21. The lowest BCUT2D eigenvalue weighted by Crippen LogP contribution is -2.01. The van der Waals surface area contributed by atoms with Gasteiger partial charge in [0.25, 0.3) is 0 Å². The van der Waals surface area contributed by atoms with Crippen molar-refractivity contribution in [1.29, 1.82) is 5.26 Å². The second-order valence-corrected chi connectivity index (χ2v) is 2.81. The van der Waals surface area contributed by atoms with Gasteiger partial charge in [0.15, 0.2) is 5.56 Å². The highest BCUT2D eigenvalue weighted by Crippen LogP contribution is 2.16. The predicted molar refractivity (Wildman–Crippen MR) is 44.0 cm³/mol. The molecule has 6 heteroatoms. The van der Waals surface area contributed by atoms with Crippen molar-refractivity contribution < 1.29 is 4.92 Å². The zero-order chi connectivity index (χ0) is 10.0. The van der Waals surface area contributed by atoms with Gasteiger partial charge in [-0.15, -0.1) is 0 Å². The second kappa shape index (κ2) is 3.23. The Hall–Kier alpha value is -1.90. The molecule has 0 atom stereocenters. The molecule has 13 heavy (non-hydrogen) atoms. The Morgan fingerprint density at radius 1 is 1.77 bits per heavy atom. The summed E-state index contributed by atoms with van der Waals surface area (Å²) in [6.07, 6.45) is 1.38. The van der Waals surface area contributed by atoms with Gasteiger partial charge >= 0.3 is 5.82 Å². The largest absolute Gasteiger partial charge is 0.407 e. The molecule has 1 aromatic heterocycles. The Kier molecular flexibility index (Phi) is 2.28. The minimum absolute atomic E-state index is 0.00120. The average molecular weight is 180 g/mol. The number of nitro groups is 1. The third-order valence-electron chi connectivity index (χ3n) is 1.53. The van der Waals surface area contributed by atoms with E-state index in [1.165, 1.54) is 10.9 Å². The lowest BCUT2D eigenvalue weighted by atomic mass is 10.3. The molecule has 6 nitrogen and oxygen atoms in total. The van der Waals surface area contributed by atoms with E-state index in [0.29, 0.717) is 0 Å². The molecule has 68 valence electrons. The summed E-state index contributed by atoms with van der Waals surface area (Å²) in [7, 11) is 0. The van der Waals surface area contributed by atoms with Gasteiger partial charge in [-0.05, 0) is 18.8 Å². The SMILES string of the molecule is CC(C)n1cc(C#N)c([N+](=O)[O-])n1. The Morgan fingerprint density at radius 2 is 2.38 bits per heavy atom. The van der Waals surface area contributed by atoms with Gasteiger partial charge in [-0.25, -0.2) is 0 Å². The minimum atomic E-state index is -0.655. The van der Waals surface area contributed by atoms with Crippen LogP contribution in [0.25, 0.3) is 0 Å². The smallest absolute Gasteiger partial charge is 0.358 e. The van der Waals surface area contributed by atoms with Gasteiger partial charge in [0.2, 0.25) is 0 Å². The number of aromatic nitrogens is 2. The van der Waals surface area contributed by atoms with Gasteiger partial charge < -0.3 is 10.1 Å². The maximum Gasteiger partial charge on any atom is 0.407 e. The lowest BCUT2D eigenvalue weighted by molar-refractivity contribution is -0.390. The summed E-state index contributed by atoms with van der Waals surface area (Å²) in [6, 6.07) is 1.74. The number of rotatable bonds is 2. The molecule has 0 saturated carbocycles. The van der Waals surface area contributed by atoms with Crippen LogP contribution < -0.4 is 0 Å². The highest BCUT2D eigenvalue weighted by Gasteiger charge is 2.21. The summed E-state index contributed by atoms with van der Waals surface area (Å²) in [6.45, 7) is 3.66. The quantitative estimate of drug-likeness (QED) is 0.506. The van der Waals surface area contributed by atoms with Crippen LogP contribution in [0, 0.1) is 21.4 Å². The van der Waals surface area contributed by atoms with Gasteiger partial charge in [-0.2, -0.15) is 9.94 Å². The van der Waals surface area contributed by atoms with E-state index in [1.807, 2.05) is 13.8 Å². The molecule has 0 spiro atoms. The van der Waals surface area contributed by atoms with Crippen molar-refractivity contribution in [2.24, 2.45) is 0 Å². The summed E-state index contributed by atoms with van der Waals surface area (Å²) in [4.78, 5) is 9.74. The lowest BCUT2D eigenvalue weighted by Gasteiger charge is -1.96. The van der Waals surface area contributed by atoms with E-state index in [1.54, 1.807) is 6.07 Å². The van der Waals surface area contributed by atoms with Crippen molar-refractivity contribution in [1.82, 2.24) is 9.78 Å². The molecule has 0 aliphatic heterocycles. The first kappa shape index (κ1) is 9.19. The highest BCUT2D eigenvalue weighted by atomic mass is 16.6. The van der Waals surface area contributed by atoms with Crippen molar-refractivity contribution in [2.45, 2.75) is 19.9 Å². The molecule has 0 amide bonds. The molecule has 0 aliphatic rings. The number of hydrogen-bond donors (Lipinski definition) is 0. The molecular formula is C7H8N4O2. The molecule has 1 rings (SSSR count). The molecule has 0 bridgehead atoms. The third-order valence-corrected chi connectivity index (χ3v) is 1.53. The van der Waals surface area contributed by atoms with E-state index >= 15 is 0 Å². The van der Waals surface area contributed by atoms with Crippen molar-refractivity contribution in [3.8, 4) is 6.07 Å². The summed E-state index contributed by atoms with van der Waals surface area (Å²) in [5, 5.41) is 22.6. The second-order valence-electron chi connectivity index (χ2n) is 2.81. The van der Waals surface area contributed by atoms with Crippen LogP contribution in [0.15, 0.2) is 6.20 Å². The number of nitriles is 1. The Bertz CT molecular complexity index is 374. The van der Waals surface area contributed by atoms with E-state index in [-0.39, 0.29) is 17.4 Å². The van der Waals surface area contributed by atoms with Crippen molar-refractivity contribution >= 4 is 5.82 Å². The molecule has 0 unspecified atom stereocenters. The topological polar surface area (TPSA) is 84.8 Å². The zero-order valence-corrected chi connectivity index (χ0v) is 7.26. The van der Waals surface area contributed by atoms with Crippen molar-refractivity contribution in [3.63, 3.8) is 0 Å². The summed E-state index contributed by atoms with van der Waals surface area (Å²) >= 11 is 0. The first-order valence-corrected chi connectivity index (χ1v) is 3.70. The molecule has 0 radical (unpaired) electrons. The fourth-order valence-electron chi connectivity index (χ4n) is 0.860. The Morgan fingerprint density at radius 3 is 2.69 bits per heavy atom. The summed E-state index contributed by atoms with van der Waals surface area (Å²) in [5.41, 5.74) is -0.00120. The summed E-state index contributed by atoms with van der Waals surface area (Å²) in [5.74, 6) is -0.379. The van der Waals surface area contributed by atoms with Crippen molar-refractivity contribution in [2.75, 3.05) is 0 Å². The molecule has 1 heterocycles. The van der Waals surface area contributed by atoms with Gasteiger partial charge in [-0.1, -0.05) is 0 Å². The van der Waals surface area contributed by atoms with E-state index in [2.05, 4.69) is 5.10 Å². The molecular weight excluding hydrogens is 172 g/mol. The van der Waals surface area contributed by atoms with Gasteiger partial charge in [-0.3, -0.25) is 0 Å². The number of nitrogens with zero attached hydrogens (tertiary/aromatic N) is 4. The van der Waals surface area contributed by atoms with Crippen LogP contribution in [-0.4, -0.2) is 14.7 Å². The zero-order valence-electron chi connectivity index (χ0n) is 7.26. The molecule has 0 fully saturated rings. The van der Waals surface area contributed by atoms with Gasteiger partial charge in [0.05, 0.1) is 17.3 Å². The van der Waals surface area contributed by atoms with Crippen LogP contribution in [0.5, 0.6) is 0 Å². The molecule has 0 aliphatic carbocycles. The fraction of sp³-hybridized carbons (Fsp3) is 0.429. The van der Waals surface area contributed by atoms with Crippen LogP contribution in [0.4, 0.5) is 5.82 Å². The fourth-order valence-corrected chi connectivity index (χ4v) is 0.860. The van der Waals surface area contributed by atoms with Gasteiger partial charge in [0, 0.05) is 0 Å². The maximum atomic E-state index is 10.4. The van der Waals surface area contributed by atoms with Crippen LogP contribution in [0.3, 0.4) is 0 Å². The van der Waals surface area contributed by atoms with Gasteiger partial charge in [0.1, 0.15) is 6.07 Å². The van der Waals surface area contributed by atoms with E-state index in [0.717, 1.165) is 0 Å². The van der Waals surface area contributed by atoms with Crippen molar-refractivity contribution in [3.05, 3.63) is 21.9 Å². The molecule has 0 saturated heterocycles. The number of hydrogen-bond acceptors (Lipinski definition) is 4. The first-order valence-electron chi connectivity index (χ1n) is 3.70. The minimum Gasteiger partial charge on any atom is -0.358 e. The van der Waals surface area contributed by atoms with Crippen LogP contribution >= 0.6 is 0 Å². The van der Waals surface area contributed by atoms with Crippen LogP contribution in [0.1, 0.15) is 25.5 Å². The summed E-state index contributed by atoms with van der Waals surface area (Å²) < 4.78 is 1.40. The Labute approximate surface area is 74.5 Å². The van der Waals surface area contributed by atoms with E-state index in [4.69, 9.17) is 5.26 Å². The molecule has 0 N–H and O–H groups in total. The van der Waals surface area contributed by atoms with Crippen LogP contribution in [-0.2, 0) is 0 Å². The molecule has 1 aromatic rings. The highest BCUT2D eigenvalue weighted by molar-refractivity contribution is 5.41. The standard InChI is InChI=1S/C7H8N4O2/c1-5(2)10-4-6(3-8)7(9-10)11(12)13/h4-5H,1-2H3. The third kappa shape index (κ3) is 1.64. The molecule has 0 aromatic carbocycles. The van der Waals surface area contributed by atoms with E-state index in [9.17, 15) is 10.1 Å². The van der Waals surface area contributed by atoms with E-state index < -0.39 is 4.92 Å². The predicted octanol–water partition coefficient (Wildman–Crippen LogP) is 1.24.